The number of benzene rings is 1. The topological polar surface area (TPSA) is 107 Å². The fourth-order valence-corrected chi connectivity index (χ4v) is 1.68. The van der Waals surface area contributed by atoms with Crippen LogP contribution in [0, 0.1) is 0 Å². The van der Waals surface area contributed by atoms with Crippen LogP contribution in [0.1, 0.15) is 16.8 Å². The lowest BCUT2D eigenvalue weighted by Crippen LogP contribution is -2.28. The van der Waals surface area contributed by atoms with Crippen molar-refractivity contribution in [1.29, 1.82) is 0 Å². The van der Waals surface area contributed by atoms with Crippen molar-refractivity contribution in [3.05, 3.63) is 28.8 Å². The molecule has 1 aromatic rings. The predicted octanol–water partition coefficient (Wildman–Crippen LogP) is 0.741. The molecule has 7 heteroatoms. The van der Waals surface area contributed by atoms with Gasteiger partial charge in [0.2, 0.25) is 11.8 Å². The predicted molar refractivity (Wildman–Crippen MR) is 73.1 cm³/mol. The van der Waals surface area contributed by atoms with Crippen molar-refractivity contribution >= 4 is 29.1 Å². The molecule has 0 aromatic heterocycles. The summed E-state index contributed by atoms with van der Waals surface area (Å²) in [5.41, 5.74) is 11.2. The summed E-state index contributed by atoms with van der Waals surface area (Å²) in [4.78, 5) is 22.8. The Balaban J connectivity index is 2.74. The smallest absolute Gasteiger partial charge is 0.250 e. The van der Waals surface area contributed by atoms with Gasteiger partial charge >= 0.3 is 0 Å². The van der Waals surface area contributed by atoms with E-state index in [4.69, 9.17) is 27.8 Å². The van der Waals surface area contributed by atoms with Gasteiger partial charge in [-0.25, -0.2) is 0 Å². The Morgan fingerprint density at radius 3 is 2.68 bits per heavy atom. The minimum Gasteiger partial charge on any atom is -0.380 e. The Bertz CT molecular complexity index is 475. The molecule has 1 atom stereocenters. The second-order valence-corrected chi connectivity index (χ2v) is 4.31. The molecule has 0 aliphatic carbocycles. The largest absolute Gasteiger partial charge is 0.380 e. The number of hydrogen-bond acceptors (Lipinski definition) is 4. The average Bonchev–Trinajstić information content (AvgIpc) is 2.37. The monoisotopic (exact) mass is 285 g/mol. The van der Waals surface area contributed by atoms with Crippen LogP contribution in [0.5, 0.6) is 0 Å². The van der Waals surface area contributed by atoms with Gasteiger partial charge in [-0.2, -0.15) is 0 Å². The van der Waals surface area contributed by atoms with Gasteiger partial charge in [-0.3, -0.25) is 9.59 Å². The number of nitrogens with one attached hydrogen (secondary N) is 1. The van der Waals surface area contributed by atoms with E-state index in [0.29, 0.717) is 5.69 Å². The zero-order valence-corrected chi connectivity index (χ0v) is 11.2. The van der Waals surface area contributed by atoms with E-state index in [-0.39, 0.29) is 35.6 Å². The first-order valence-corrected chi connectivity index (χ1v) is 5.97. The molecule has 0 aliphatic rings. The molecule has 0 radical (unpaired) electrons. The molecule has 0 heterocycles. The summed E-state index contributed by atoms with van der Waals surface area (Å²) in [6, 6.07) is 4.50. The lowest BCUT2D eigenvalue weighted by Gasteiger charge is -2.13. The number of anilines is 1. The van der Waals surface area contributed by atoms with Crippen molar-refractivity contribution < 1.29 is 14.3 Å². The fraction of sp³-hybridized carbons (Fsp3) is 0.333. The Labute approximate surface area is 116 Å². The summed E-state index contributed by atoms with van der Waals surface area (Å²) in [5.74, 6) is -0.923. The number of carbonyl (C=O) groups is 2. The molecule has 0 spiro atoms. The highest BCUT2D eigenvalue weighted by atomic mass is 35.5. The quantitative estimate of drug-likeness (QED) is 0.716. The molecule has 0 saturated heterocycles. The number of amides is 2. The van der Waals surface area contributed by atoms with Crippen molar-refractivity contribution in [3.8, 4) is 0 Å². The van der Waals surface area contributed by atoms with Gasteiger partial charge in [0.1, 0.15) is 0 Å². The van der Waals surface area contributed by atoms with Gasteiger partial charge in [-0.15, -0.1) is 0 Å². The number of ether oxygens (including phenoxy) is 1. The van der Waals surface area contributed by atoms with Crippen LogP contribution in [0.2, 0.25) is 5.02 Å². The number of nitrogens with two attached hydrogens (primary N) is 2. The van der Waals surface area contributed by atoms with Crippen molar-refractivity contribution in [2.75, 3.05) is 19.0 Å². The zero-order valence-electron chi connectivity index (χ0n) is 10.5. The molecule has 104 valence electrons. The van der Waals surface area contributed by atoms with Gasteiger partial charge in [0.15, 0.2) is 0 Å². The van der Waals surface area contributed by atoms with Gasteiger partial charge in [-0.05, 0) is 18.2 Å². The normalized spacial score (nSPS) is 11.9. The summed E-state index contributed by atoms with van der Waals surface area (Å²) >= 11 is 5.81. The number of halogens is 1. The lowest BCUT2D eigenvalue weighted by molar-refractivity contribution is -0.118. The molecule has 1 aromatic carbocycles. The molecule has 19 heavy (non-hydrogen) atoms. The van der Waals surface area contributed by atoms with E-state index in [1.54, 1.807) is 6.07 Å². The molecule has 1 unspecified atom stereocenters. The second-order valence-electron chi connectivity index (χ2n) is 3.90. The van der Waals surface area contributed by atoms with Gasteiger partial charge in [0.25, 0.3) is 0 Å². The SMILES string of the molecule is COC(CN)CC(=O)Nc1ccc(Cl)c(C(N)=O)c1. The molecule has 1 rings (SSSR count). The van der Waals surface area contributed by atoms with Crippen LogP contribution in [0.4, 0.5) is 5.69 Å². The highest BCUT2D eigenvalue weighted by Gasteiger charge is 2.13. The first kappa shape index (κ1) is 15.4. The zero-order chi connectivity index (χ0) is 14.4. The summed E-state index contributed by atoms with van der Waals surface area (Å²) in [5, 5.41) is 2.86. The summed E-state index contributed by atoms with van der Waals surface area (Å²) < 4.78 is 5.01. The van der Waals surface area contributed by atoms with Crippen molar-refractivity contribution in [2.24, 2.45) is 11.5 Å². The molecular weight excluding hydrogens is 270 g/mol. The fourth-order valence-electron chi connectivity index (χ4n) is 1.47. The van der Waals surface area contributed by atoms with E-state index in [2.05, 4.69) is 5.32 Å². The molecule has 0 bridgehead atoms. The number of methoxy groups -OCH3 is 1. The molecule has 5 N–H and O–H groups in total. The summed E-state index contributed by atoms with van der Waals surface area (Å²) in [7, 11) is 1.48. The van der Waals surface area contributed by atoms with Crippen LogP contribution >= 0.6 is 11.6 Å². The maximum atomic E-state index is 11.7. The average molecular weight is 286 g/mol. The molecular formula is C12H16ClN3O3. The highest BCUT2D eigenvalue weighted by Crippen LogP contribution is 2.20. The van der Waals surface area contributed by atoms with E-state index in [1.165, 1.54) is 19.2 Å². The van der Waals surface area contributed by atoms with E-state index in [9.17, 15) is 9.59 Å². The van der Waals surface area contributed by atoms with E-state index < -0.39 is 5.91 Å². The van der Waals surface area contributed by atoms with Crippen LogP contribution < -0.4 is 16.8 Å². The number of primary amides is 1. The molecule has 6 nitrogen and oxygen atoms in total. The maximum absolute atomic E-state index is 11.7. The first-order valence-electron chi connectivity index (χ1n) is 5.60. The van der Waals surface area contributed by atoms with Gasteiger partial charge < -0.3 is 21.5 Å². The third kappa shape index (κ3) is 4.51. The number of hydrogen-bond donors (Lipinski definition) is 3. The summed E-state index contributed by atoms with van der Waals surface area (Å²) in [6.07, 6.45) is -0.218. The third-order valence-electron chi connectivity index (χ3n) is 2.52. The van der Waals surface area contributed by atoms with Crippen LogP contribution in [-0.2, 0) is 9.53 Å². The molecule has 0 fully saturated rings. The minimum absolute atomic E-state index is 0.127. The number of rotatable bonds is 6. The first-order chi connectivity index (χ1) is 8.97. The lowest BCUT2D eigenvalue weighted by atomic mass is 10.1. The molecule has 0 aliphatic heterocycles. The van der Waals surface area contributed by atoms with Crippen molar-refractivity contribution in [3.63, 3.8) is 0 Å². The third-order valence-corrected chi connectivity index (χ3v) is 2.85. The van der Waals surface area contributed by atoms with E-state index >= 15 is 0 Å². The minimum atomic E-state index is -0.655. The van der Waals surface area contributed by atoms with E-state index in [1.807, 2.05) is 0 Å². The Morgan fingerprint density at radius 2 is 2.16 bits per heavy atom. The van der Waals surface area contributed by atoms with Crippen LogP contribution in [-0.4, -0.2) is 31.6 Å². The van der Waals surface area contributed by atoms with Crippen LogP contribution in [0.25, 0.3) is 0 Å². The highest BCUT2D eigenvalue weighted by molar-refractivity contribution is 6.33. The Kier molecular flexibility index (Phi) is 5.75. The molecule has 0 saturated carbocycles. The Hall–Kier alpha value is -1.63. The summed E-state index contributed by atoms with van der Waals surface area (Å²) in [6.45, 7) is 0.247. The Morgan fingerprint density at radius 1 is 1.47 bits per heavy atom. The van der Waals surface area contributed by atoms with Gasteiger partial charge in [0.05, 0.1) is 23.1 Å². The van der Waals surface area contributed by atoms with Crippen LogP contribution in [0.15, 0.2) is 18.2 Å². The number of carbonyl (C=O) groups excluding carboxylic acids is 2. The maximum Gasteiger partial charge on any atom is 0.250 e. The van der Waals surface area contributed by atoms with Gasteiger partial charge in [0, 0.05) is 19.3 Å². The standard InChI is InChI=1S/C12H16ClN3O3/c1-19-8(6-14)5-11(17)16-7-2-3-10(13)9(4-7)12(15)18/h2-4,8H,5-6,14H2,1H3,(H2,15,18)(H,16,17). The van der Waals surface area contributed by atoms with Crippen molar-refractivity contribution in [2.45, 2.75) is 12.5 Å². The van der Waals surface area contributed by atoms with Crippen LogP contribution in [0.3, 0.4) is 0 Å². The van der Waals surface area contributed by atoms with E-state index in [0.717, 1.165) is 0 Å². The second kappa shape index (κ2) is 7.08. The molecule has 2 amide bonds. The van der Waals surface area contributed by atoms with Gasteiger partial charge in [-0.1, -0.05) is 11.6 Å². The van der Waals surface area contributed by atoms with Crippen molar-refractivity contribution in [1.82, 2.24) is 0 Å².